The maximum absolute atomic E-state index is 11.3. The molecule has 0 saturated heterocycles. The Morgan fingerprint density at radius 1 is 1.57 bits per heavy atom. The van der Waals surface area contributed by atoms with Crippen molar-refractivity contribution in [2.24, 2.45) is 0 Å². The normalized spacial score (nSPS) is 19.0. The Morgan fingerprint density at radius 3 is 2.57 bits per heavy atom. The number of alkyl halides is 1. The summed E-state index contributed by atoms with van der Waals surface area (Å²) in [6.45, 7) is 1.49. The molecule has 0 aromatic rings. The van der Waals surface area contributed by atoms with E-state index in [-0.39, 0.29) is 11.9 Å². The van der Waals surface area contributed by atoms with Crippen molar-refractivity contribution in [3.63, 3.8) is 0 Å². The van der Waals surface area contributed by atoms with Gasteiger partial charge in [-0.05, 0) is 19.8 Å². The Hall–Kier alpha value is -0.330. The van der Waals surface area contributed by atoms with Crippen molar-refractivity contribution >= 4 is 27.5 Å². The molecule has 0 heterocycles. The van der Waals surface area contributed by atoms with Gasteiger partial charge in [0.15, 0.2) is 0 Å². The number of carbonyl (C=O) groups is 1. The van der Waals surface area contributed by atoms with Gasteiger partial charge in [0.1, 0.15) is 5.21 Å². The Bertz CT molecular complexity index is 313. The first-order chi connectivity index (χ1) is 6.44. The van der Waals surface area contributed by atoms with Crippen LogP contribution in [0, 0.1) is 0 Å². The van der Waals surface area contributed by atoms with Crippen molar-refractivity contribution in [2.75, 3.05) is 5.21 Å². The van der Waals surface area contributed by atoms with Crippen LogP contribution in [0.2, 0.25) is 0 Å². The highest BCUT2D eigenvalue weighted by atomic mass is 35.5. The van der Waals surface area contributed by atoms with Gasteiger partial charge in [-0.1, -0.05) is 0 Å². The zero-order chi connectivity index (χ0) is 10.8. The van der Waals surface area contributed by atoms with Gasteiger partial charge < -0.3 is 5.32 Å². The zero-order valence-corrected chi connectivity index (χ0v) is 9.36. The van der Waals surface area contributed by atoms with Gasteiger partial charge in [-0.3, -0.25) is 4.79 Å². The summed E-state index contributed by atoms with van der Waals surface area (Å²) in [5, 5.41) is 2.16. The fourth-order valence-corrected chi connectivity index (χ4v) is 1.81. The molecule has 1 saturated carbocycles. The molecule has 0 spiro atoms. The van der Waals surface area contributed by atoms with E-state index < -0.39 is 21.3 Å². The lowest BCUT2D eigenvalue weighted by Gasteiger charge is -2.12. The van der Waals surface area contributed by atoms with Gasteiger partial charge in [0.2, 0.25) is 15.9 Å². The van der Waals surface area contributed by atoms with E-state index in [2.05, 4.69) is 10.0 Å². The van der Waals surface area contributed by atoms with E-state index in [0.717, 1.165) is 12.8 Å². The predicted octanol–water partition coefficient (Wildman–Crippen LogP) is -0.231. The molecule has 0 aromatic heterocycles. The molecule has 2 N–H and O–H groups in total. The minimum atomic E-state index is -3.52. The highest BCUT2D eigenvalue weighted by molar-refractivity contribution is 7.90. The quantitative estimate of drug-likeness (QED) is 0.652. The molecule has 7 heteroatoms. The fraction of sp³-hybridized carbons (Fsp3) is 0.857. The van der Waals surface area contributed by atoms with Crippen molar-refractivity contribution in [1.29, 1.82) is 0 Å². The van der Waals surface area contributed by atoms with E-state index in [1.165, 1.54) is 6.92 Å². The number of hydrogen-bond acceptors (Lipinski definition) is 3. The maximum Gasteiger partial charge on any atom is 0.238 e. The van der Waals surface area contributed by atoms with Crippen LogP contribution in [0.15, 0.2) is 0 Å². The highest BCUT2D eigenvalue weighted by Gasteiger charge is 2.27. The van der Waals surface area contributed by atoms with E-state index >= 15 is 0 Å². The lowest BCUT2D eigenvalue weighted by molar-refractivity contribution is -0.122. The topological polar surface area (TPSA) is 75.3 Å². The third kappa shape index (κ3) is 3.81. The van der Waals surface area contributed by atoms with Crippen LogP contribution in [-0.2, 0) is 14.8 Å². The first-order valence-electron chi connectivity index (χ1n) is 4.31. The number of halogens is 1. The van der Waals surface area contributed by atoms with Crippen molar-refractivity contribution in [2.45, 2.75) is 31.8 Å². The number of sulfonamides is 1. The molecule has 0 aromatic carbocycles. The van der Waals surface area contributed by atoms with Crippen molar-refractivity contribution in [3.8, 4) is 0 Å². The van der Waals surface area contributed by atoms with Gasteiger partial charge in [-0.25, -0.2) is 13.1 Å². The third-order valence-electron chi connectivity index (χ3n) is 1.82. The summed E-state index contributed by atoms with van der Waals surface area (Å²) in [5.41, 5.74) is 0. The summed E-state index contributed by atoms with van der Waals surface area (Å²) in [6.07, 6.45) is 1.95. The van der Waals surface area contributed by atoms with E-state index in [0.29, 0.717) is 0 Å². The van der Waals surface area contributed by atoms with Crippen molar-refractivity contribution < 1.29 is 13.2 Å². The summed E-state index contributed by atoms with van der Waals surface area (Å²) in [7, 11) is -3.52. The van der Waals surface area contributed by atoms with Crippen LogP contribution in [0.3, 0.4) is 0 Å². The number of carbonyl (C=O) groups excluding carboxylic acids is 1. The Balaban J connectivity index is 2.39. The molecule has 14 heavy (non-hydrogen) atoms. The molecule has 1 amide bonds. The highest BCUT2D eigenvalue weighted by Crippen LogP contribution is 2.18. The summed E-state index contributed by atoms with van der Waals surface area (Å²) in [5.74, 6) is -0.304. The van der Waals surface area contributed by atoms with E-state index in [1.807, 2.05) is 0 Å². The summed E-state index contributed by atoms with van der Waals surface area (Å²) >= 11 is 5.18. The predicted molar refractivity (Wildman–Crippen MR) is 53.4 cm³/mol. The van der Waals surface area contributed by atoms with Gasteiger partial charge in [-0.2, -0.15) is 0 Å². The van der Waals surface area contributed by atoms with Crippen LogP contribution in [0.4, 0.5) is 0 Å². The second kappa shape index (κ2) is 4.46. The van der Waals surface area contributed by atoms with Crippen LogP contribution in [0.5, 0.6) is 0 Å². The largest absolute Gasteiger partial charge is 0.352 e. The average molecular weight is 241 g/mol. The average Bonchev–Trinajstić information content (AvgIpc) is 2.87. The second-order valence-electron chi connectivity index (χ2n) is 3.35. The molecule has 1 unspecified atom stereocenters. The van der Waals surface area contributed by atoms with E-state index in [9.17, 15) is 13.2 Å². The molecule has 82 valence electrons. The lowest BCUT2D eigenvalue weighted by Crippen LogP contribution is -2.45. The lowest BCUT2D eigenvalue weighted by atomic mass is 10.3. The van der Waals surface area contributed by atoms with E-state index in [1.54, 1.807) is 0 Å². The summed E-state index contributed by atoms with van der Waals surface area (Å²) < 4.78 is 24.2. The monoisotopic (exact) mass is 240 g/mol. The smallest absolute Gasteiger partial charge is 0.238 e. The minimum absolute atomic E-state index is 0.227. The molecule has 5 nitrogen and oxygen atoms in total. The van der Waals surface area contributed by atoms with Gasteiger partial charge in [0.25, 0.3) is 0 Å². The molecule has 1 aliphatic carbocycles. The molecular formula is C7H13ClN2O3S. The van der Waals surface area contributed by atoms with Gasteiger partial charge in [-0.15, -0.1) is 11.6 Å². The molecular weight excluding hydrogens is 228 g/mol. The molecule has 1 aliphatic rings. The fourth-order valence-electron chi connectivity index (χ4n) is 0.908. The summed E-state index contributed by atoms with van der Waals surface area (Å²) in [6, 6.07) is -0.537. The molecule has 1 rings (SSSR count). The maximum atomic E-state index is 11.3. The van der Waals surface area contributed by atoms with Crippen LogP contribution >= 0.6 is 11.6 Å². The van der Waals surface area contributed by atoms with Crippen LogP contribution < -0.4 is 10.0 Å². The van der Waals surface area contributed by atoms with Crippen LogP contribution in [0.1, 0.15) is 19.8 Å². The number of amides is 1. The molecule has 0 bridgehead atoms. The standard InChI is InChI=1S/C7H13ClN2O3S/c1-5(10-14(12,13)4-8)7(11)9-6-2-3-6/h5-6,10H,2-4H2,1H3,(H,9,11). The number of nitrogens with one attached hydrogen (secondary N) is 2. The molecule has 1 atom stereocenters. The minimum Gasteiger partial charge on any atom is -0.352 e. The summed E-state index contributed by atoms with van der Waals surface area (Å²) in [4.78, 5) is 11.3. The van der Waals surface area contributed by atoms with Gasteiger partial charge in [0.05, 0.1) is 6.04 Å². The first kappa shape index (κ1) is 11.7. The molecule has 1 fully saturated rings. The Morgan fingerprint density at radius 2 is 2.14 bits per heavy atom. The third-order valence-corrected chi connectivity index (χ3v) is 3.68. The number of hydrogen-bond donors (Lipinski definition) is 2. The number of rotatable bonds is 5. The molecule has 0 radical (unpaired) electrons. The van der Waals surface area contributed by atoms with Crippen molar-refractivity contribution in [1.82, 2.24) is 10.0 Å². The van der Waals surface area contributed by atoms with Gasteiger partial charge in [0, 0.05) is 6.04 Å². The van der Waals surface area contributed by atoms with Crippen LogP contribution in [0.25, 0.3) is 0 Å². The zero-order valence-electron chi connectivity index (χ0n) is 7.79. The first-order valence-corrected chi connectivity index (χ1v) is 6.49. The van der Waals surface area contributed by atoms with Gasteiger partial charge >= 0.3 is 0 Å². The molecule has 0 aliphatic heterocycles. The SMILES string of the molecule is CC(NS(=O)(=O)CCl)C(=O)NC1CC1. The second-order valence-corrected chi connectivity index (χ2v) is 5.68. The Kier molecular flexibility index (Phi) is 3.74. The Labute approximate surface area is 88.2 Å². The van der Waals surface area contributed by atoms with Crippen LogP contribution in [-0.4, -0.2) is 31.6 Å². The van der Waals surface area contributed by atoms with Crippen molar-refractivity contribution in [3.05, 3.63) is 0 Å². The van der Waals surface area contributed by atoms with E-state index in [4.69, 9.17) is 11.6 Å².